The Morgan fingerprint density at radius 2 is 2.00 bits per heavy atom. The van der Waals surface area contributed by atoms with E-state index < -0.39 is 22.4 Å². The van der Waals surface area contributed by atoms with E-state index in [1.165, 1.54) is 6.07 Å². The number of halogens is 2. The average molecular weight is 273 g/mol. The molecule has 0 bridgehead atoms. The second kappa shape index (κ2) is 5.89. The SMILES string of the molecule is NC(CS(=O)c1ccc(F)cc1F)C1CCCC1. The Morgan fingerprint density at radius 1 is 1.33 bits per heavy atom. The molecule has 0 aliphatic heterocycles. The van der Waals surface area contributed by atoms with Crippen LogP contribution in [-0.4, -0.2) is 16.0 Å². The van der Waals surface area contributed by atoms with Crippen LogP contribution >= 0.6 is 0 Å². The zero-order valence-electron chi connectivity index (χ0n) is 10.1. The van der Waals surface area contributed by atoms with Gasteiger partial charge in [-0.05, 0) is 30.9 Å². The lowest BCUT2D eigenvalue weighted by molar-refractivity contribution is 0.460. The number of nitrogens with two attached hydrogens (primary N) is 1. The first kappa shape index (κ1) is 13.6. The van der Waals surface area contributed by atoms with Crippen LogP contribution in [0, 0.1) is 17.6 Å². The first-order valence-electron chi connectivity index (χ1n) is 6.17. The van der Waals surface area contributed by atoms with Gasteiger partial charge in [-0.15, -0.1) is 0 Å². The molecule has 2 unspecified atom stereocenters. The van der Waals surface area contributed by atoms with Gasteiger partial charge in [-0.25, -0.2) is 8.78 Å². The van der Waals surface area contributed by atoms with Crippen molar-refractivity contribution in [2.24, 2.45) is 11.7 Å². The second-order valence-corrected chi connectivity index (χ2v) is 6.26. The normalized spacial score (nSPS) is 19.9. The van der Waals surface area contributed by atoms with Crippen LogP contribution in [0.4, 0.5) is 8.78 Å². The lowest BCUT2D eigenvalue weighted by Crippen LogP contribution is -2.34. The fraction of sp³-hybridized carbons (Fsp3) is 0.538. The van der Waals surface area contributed by atoms with Crippen molar-refractivity contribution in [3.63, 3.8) is 0 Å². The van der Waals surface area contributed by atoms with Gasteiger partial charge in [0, 0.05) is 17.9 Å². The van der Waals surface area contributed by atoms with Gasteiger partial charge in [-0.2, -0.15) is 0 Å². The smallest absolute Gasteiger partial charge is 0.142 e. The quantitative estimate of drug-likeness (QED) is 0.916. The van der Waals surface area contributed by atoms with Gasteiger partial charge < -0.3 is 5.73 Å². The van der Waals surface area contributed by atoms with E-state index >= 15 is 0 Å². The third-order valence-corrected chi connectivity index (χ3v) is 5.00. The van der Waals surface area contributed by atoms with Crippen LogP contribution in [0.2, 0.25) is 0 Å². The summed E-state index contributed by atoms with van der Waals surface area (Å²) in [7, 11) is -1.50. The van der Waals surface area contributed by atoms with Gasteiger partial charge in [0.05, 0.1) is 15.7 Å². The van der Waals surface area contributed by atoms with Crippen molar-refractivity contribution < 1.29 is 13.0 Å². The number of hydrogen-bond acceptors (Lipinski definition) is 2. The summed E-state index contributed by atoms with van der Waals surface area (Å²) in [6, 6.07) is 2.95. The van der Waals surface area contributed by atoms with Crippen molar-refractivity contribution in [3.05, 3.63) is 29.8 Å². The highest BCUT2D eigenvalue weighted by molar-refractivity contribution is 7.85. The zero-order chi connectivity index (χ0) is 13.1. The van der Waals surface area contributed by atoms with Crippen LogP contribution in [0.1, 0.15) is 25.7 Å². The third-order valence-electron chi connectivity index (χ3n) is 3.49. The molecule has 2 nitrogen and oxygen atoms in total. The summed E-state index contributed by atoms with van der Waals surface area (Å²) in [6.07, 6.45) is 4.44. The molecule has 5 heteroatoms. The Hall–Kier alpha value is -0.810. The minimum atomic E-state index is -1.50. The lowest BCUT2D eigenvalue weighted by Gasteiger charge is -2.18. The Balaban J connectivity index is 2.02. The molecule has 1 aliphatic rings. The molecular formula is C13H17F2NOS. The minimum absolute atomic E-state index is 0.0462. The van der Waals surface area contributed by atoms with E-state index in [0.717, 1.165) is 37.8 Å². The van der Waals surface area contributed by atoms with Gasteiger partial charge in [0.1, 0.15) is 11.6 Å². The molecule has 2 atom stereocenters. The number of rotatable bonds is 4. The summed E-state index contributed by atoms with van der Waals surface area (Å²) in [4.78, 5) is 0.0462. The van der Waals surface area contributed by atoms with E-state index in [2.05, 4.69) is 0 Å². The van der Waals surface area contributed by atoms with Crippen molar-refractivity contribution >= 4 is 10.8 Å². The summed E-state index contributed by atoms with van der Waals surface area (Å²) in [5.74, 6) is -0.787. The van der Waals surface area contributed by atoms with Crippen molar-refractivity contribution in [2.75, 3.05) is 5.75 Å². The molecule has 1 fully saturated rings. The van der Waals surface area contributed by atoms with Gasteiger partial charge in [0.15, 0.2) is 0 Å². The van der Waals surface area contributed by atoms with E-state index in [0.29, 0.717) is 5.92 Å². The summed E-state index contributed by atoms with van der Waals surface area (Å²) < 4.78 is 38.2. The molecule has 1 aliphatic carbocycles. The molecule has 1 aromatic rings. The van der Waals surface area contributed by atoms with Crippen LogP contribution in [0.3, 0.4) is 0 Å². The van der Waals surface area contributed by atoms with Crippen LogP contribution < -0.4 is 5.73 Å². The molecule has 1 saturated carbocycles. The van der Waals surface area contributed by atoms with Gasteiger partial charge in [0.25, 0.3) is 0 Å². The van der Waals surface area contributed by atoms with Gasteiger partial charge in [-0.1, -0.05) is 12.8 Å². The predicted octanol–water partition coefficient (Wildman–Crippen LogP) is 2.59. The van der Waals surface area contributed by atoms with Gasteiger partial charge >= 0.3 is 0 Å². The number of benzene rings is 1. The Bertz CT molecular complexity index is 447. The fourth-order valence-corrected chi connectivity index (χ4v) is 3.74. The molecule has 18 heavy (non-hydrogen) atoms. The Morgan fingerprint density at radius 3 is 2.61 bits per heavy atom. The summed E-state index contributed by atoms with van der Waals surface area (Å²) in [5.41, 5.74) is 6.01. The Kier molecular flexibility index (Phi) is 4.45. The maximum Gasteiger partial charge on any atom is 0.142 e. The summed E-state index contributed by atoms with van der Waals surface area (Å²) in [6.45, 7) is 0. The van der Waals surface area contributed by atoms with Crippen LogP contribution in [0.5, 0.6) is 0 Å². The highest BCUT2D eigenvalue weighted by Crippen LogP contribution is 2.27. The van der Waals surface area contributed by atoms with Crippen LogP contribution in [0.15, 0.2) is 23.1 Å². The van der Waals surface area contributed by atoms with Crippen molar-refractivity contribution in [1.82, 2.24) is 0 Å². The van der Waals surface area contributed by atoms with E-state index in [1.807, 2.05) is 0 Å². The maximum atomic E-state index is 13.5. The topological polar surface area (TPSA) is 43.1 Å². The minimum Gasteiger partial charge on any atom is -0.327 e. The molecule has 1 aromatic carbocycles. The van der Waals surface area contributed by atoms with Crippen molar-refractivity contribution in [3.8, 4) is 0 Å². The first-order chi connectivity index (χ1) is 8.58. The first-order valence-corrected chi connectivity index (χ1v) is 7.49. The molecule has 2 N–H and O–H groups in total. The van der Waals surface area contributed by atoms with Gasteiger partial charge in [0.2, 0.25) is 0 Å². The molecule has 0 saturated heterocycles. The highest BCUT2D eigenvalue weighted by atomic mass is 32.2. The molecular weight excluding hydrogens is 256 g/mol. The van der Waals surface area contributed by atoms with E-state index in [-0.39, 0.29) is 16.7 Å². The third kappa shape index (κ3) is 3.14. The molecule has 0 amide bonds. The van der Waals surface area contributed by atoms with Crippen molar-refractivity contribution in [2.45, 2.75) is 36.6 Å². The zero-order valence-corrected chi connectivity index (χ0v) is 10.9. The highest BCUT2D eigenvalue weighted by Gasteiger charge is 2.24. The van der Waals surface area contributed by atoms with E-state index in [4.69, 9.17) is 5.73 Å². The van der Waals surface area contributed by atoms with Crippen LogP contribution in [0.25, 0.3) is 0 Å². The van der Waals surface area contributed by atoms with Gasteiger partial charge in [-0.3, -0.25) is 4.21 Å². The summed E-state index contributed by atoms with van der Waals surface area (Å²) in [5, 5.41) is 0. The van der Waals surface area contributed by atoms with Crippen molar-refractivity contribution in [1.29, 1.82) is 0 Å². The predicted molar refractivity (Wildman–Crippen MR) is 67.6 cm³/mol. The molecule has 0 radical (unpaired) electrons. The lowest BCUT2D eigenvalue weighted by atomic mass is 10.0. The molecule has 2 rings (SSSR count). The molecule has 0 spiro atoms. The molecule has 0 aromatic heterocycles. The Labute approximate surface area is 108 Å². The van der Waals surface area contributed by atoms with E-state index in [9.17, 15) is 13.0 Å². The second-order valence-electron chi connectivity index (χ2n) is 4.80. The average Bonchev–Trinajstić information content (AvgIpc) is 2.81. The fourth-order valence-electron chi connectivity index (χ4n) is 2.45. The number of hydrogen-bond donors (Lipinski definition) is 1. The monoisotopic (exact) mass is 273 g/mol. The van der Waals surface area contributed by atoms with E-state index in [1.54, 1.807) is 0 Å². The molecule has 0 heterocycles. The largest absolute Gasteiger partial charge is 0.327 e. The molecule has 100 valence electrons. The van der Waals surface area contributed by atoms with Crippen LogP contribution in [-0.2, 0) is 10.8 Å². The standard InChI is InChI=1S/C13H17F2NOS/c14-10-5-6-13(11(15)7-10)18(17)8-12(16)9-3-1-2-4-9/h5-7,9,12H,1-4,8,16H2. The summed E-state index contributed by atoms with van der Waals surface area (Å²) >= 11 is 0. The maximum absolute atomic E-state index is 13.5.